The molecule has 0 aromatic rings. The van der Waals surface area contributed by atoms with E-state index in [1.165, 1.54) is 0 Å². The topological polar surface area (TPSA) is 70.2 Å². The second kappa shape index (κ2) is 6.37. The minimum Gasteiger partial charge on any atom is -0.450 e. The third-order valence-electron chi connectivity index (χ3n) is 5.05. The number of amides is 3. The fraction of sp³-hybridized carbons (Fsp3) is 0.812. The van der Waals surface area contributed by atoms with E-state index in [0.717, 1.165) is 25.9 Å². The molecule has 0 atom stereocenters. The van der Waals surface area contributed by atoms with E-state index < -0.39 is 5.41 Å². The smallest absolute Gasteiger partial charge is 0.409 e. The van der Waals surface area contributed by atoms with Crippen LogP contribution in [0.15, 0.2) is 0 Å². The first-order chi connectivity index (χ1) is 11.1. The average molecular weight is 323 g/mol. The van der Waals surface area contributed by atoms with E-state index in [0.29, 0.717) is 45.6 Å². The molecular formula is C16H25N3O4. The highest BCUT2D eigenvalue weighted by Crippen LogP contribution is 2.49. The lowest BCUT2D eigenvalue weighted by molar-refractivity contribution is -0.149. The summed E-state index contributed by atoms with van der Waals surface area (Å²) in [5.74, 6) is -0.0225. The van der Waals surface area contributed by atoms with Gasteiger partial charge in [-0.05, 0) is 32.6 Å². The number of likely N-dealkylation sites (tertiary alicyclic amines) is 1. The molecule has 1 saturated carbocycles. The van der Waals surface area contributed by atoms with Crippen LogP contribution < -0.4 is 0 Å². The van der Waals surface area contributed by atoms with Crippen LogP contribution in [0.25, 0.3) is 0 Å². The standard InChI is InChI=1S/C16H25N3O4/c1-2-23-15(22)19-11-9-18(10-12-19)14(21)16(5-6-16)13(20)17-7-3-4-8-17/h2-12H2,1H3. The summed E-state index contributed by atoms with van der Waals surface area (Å²) in [6.07, 6.45) is 3.08. The van der Waals surface area contributed by atoms with Crippen LogP contribution in [0.5, 0.6) is 0 Å². The van der Waals surface area contributed by atoms with Crippen molar-refractivity contribution in [2.45, 2.75) is 32.6 Å². The van der Waals surface area contributed by atoms with Gasteiger partial charge in [0.1, 0.15) is 5.41 Å². The minimum absolute atomic E-state index is 0.0211. The van der Waals surface area contributed by atoms with Gasteiger partial charge in [-0.1, -0.05) is 0 Å². The molecule has 0 unspecified atom stereocenters. The average Bonchev–Trinajstić information content (AvgIpc) is 3.20. The quantitative estimate of drug-likeness (QED) is 0.717. The van der Waals surface area contributed by atoms with Gasteiger partial charge in [-0.15, -0.1) is 0 Å². The van der Waals surface area contributed by atoms with E-state index in [-0.39, 0.29) is 17.9 Å². The first-order valence-electron chi connectivity index (χ1n) is 8.59. The summed E-state index contributed by atoms with van der Waals surface area (Å²) < 4.78 is 4.99. The van der Waals surface area contributed by atoms with Gasteiger partial charge >= 0.3 is 6.09 Å². The molecular weight excluding hydrogens is 298 g/mol. The Kier molecular flexibility index (Phi) is 4.46. The Hall–Kier alpha value is -1.79. The van der Waals surface area contributed by atoms with Crippen LogP contribution in [0.3, 0.4) is 0 Å². The molecule has 3 fully saturated rings. The Morgan fingerprint density at radius 2 is 1.30 bits per heavy atom. The van der Waals surface area contributed by atoms with Crippen LogP contribution >= 0.6 is 0 Å². The predicted octanol–water partition coefficient (Wildman–Crippen LogP) is 0.690. The predicted molar refractivity (Wildman–Crippen MR) is 82.7 cm³/mol. The van der Waals surface area contributed by atoms with Crippen LogP contribution in [0.4, 0.5) is 4.79 Å². The van der Waals surface area contributed by atoms with Crippen molar-refractivity contribution in [2.75, 3.05) is 45.9 Å². The van der Waals surface area contributed by atoms with Crippen LogP contribution in [0.1, 0.15) is 32.6 Å². The maximum Gasteiger partial charge on any atom is 0.409 e. The van der Waals surface area contributed by atoms with Crippen molar-refractivity contribution in [2.24, 2.45) is 5.41 Å². The molecule has 0 N–H and O–H groups in total. The Labute approximate surface area is 136 Å². The number of hydrogen-bond donors (Lipinski definition) is 0. The molecule has 3 amide bonds. The zero-order valence-electron chi connectivity index (χ0n) is 13.8. The van der Waals surface area contributed by atoms with Gasteiger partial charge < -0.3 is 19.4 Å². The van der Waals surface area contributed by atoms with Crippen molar-refractivity contribution < 1.29 is 19.1 Å². The highest BCUT2D eigenvalue weighted by molar-refractivity contribution is 6.08. The SMILES string of the molecule is CCOC(=O)N1CCN(C(=O)C2(C(=O)N3CCCC3)CC2)CC1. The lowest BCUT2D eigenvalue weighted by Crippen LogP contribution is -2.54. The third kappa shape index (κ3) is 3.01. The number of nitrogens with zero attached hydrogens (tertiary/aromatic N) is 3. The Balaban J connectivity index is 1.57. The van der Waals surface area contributed by atoms with Gasteiger partial charge in [-0.2, -0.15) is 0 Å². The number of carbonyl (C=O) groups is 3. The van der Waals surface area contributed by atoms with E-state index in [1.54, 1.807) is 16.7 Å². The van der Waals surface area contributed by atoms with Crippen LogP contribution in [0, 0.1) is 5.41 Å². The Bertz CT molecular complexity index is 490. The lowest BCUT2D eigenvalue weighted by Gasteiger charge is -2.36. The van der Waals surface area contributed by atoms with Crippen LogP contribution in [-0.2, 0) is 14.3 Å². The van der Waals surface area contributed by atoms with E-state index in [1.807, 2.05) is 4.90 Å². The third-order valence-corrected chi connectivity index (χ3v) is 5.05. The molecule has 0 spiro atoms. The van der Waals surface area contributed by atoms with E-state index in [9.17, 15) is 14.4 Å². The highest BCUT2D eigenvalue weighted by atomic mass is 16.6. The first-order valence-corrected chi connectivity index (χ1v) is 8.59. The molecule has 0 aromatic heterocycles. The van der Waals surface area contributed by atoms with E-state index >= 15 is 0 Å². The molecule has 0 bridgehead atoms. The summed E-state index contributed by atoms with van der Waals surface area (Å²) in [4.78, 5) is 42.4. The summed E-state index contributed by atoms with van der Waals surface area (Å²) in [5, 5.41) is 0. The number of hydrogen-bond acceptors (Lipinski definition) is 4. The number of carbonyl (C=O) groups excluding carboxylic acids is 3. The summed E-state index contributed by atoms with van der Waals surface area (Å²) in [6.45, 7) is 5.59. The molecule has 2 saturated heterocycles. The highest BCUT2D eigenvalue weighted by Gasteiger charge is 2.59. The number of piperazine rings is 1. The Morgan fingerprint density at radius 1 is 0.826 bits per heavy atom. The second-order valence-corrected chi connectivity index (χ2v) is 6.56. The maximum atomic E-state index is 12.8. The van der Waals surface area contributed by atoms with Gasteiger partial charge in [-0.3, -0.25) is 9.59 Å². The summed E-state index contributed by atoms with van der Waals surface area (Å²) in [6, 6.07) is 0. The van der Waals surface area contributed by atoms with Crippen molar-refractivity contribution in [3.8, 4) is 0 Å². The molecule has 3 rings (SSSR count). The van der Waals surface area contributed by atoms with Crippen molar-refractivity contribution in [1.82, 2.24) is 14.7 Å². The van der Waals surface area contributed by atoms with E-state index in [2.05, 4.69) is 0 Å². The van der Waals surface area contributed by atoms with Crippen LogP contribution in [0.2, 0.25) is 0 Å². The largest absolute Gasteiger partial charge is 0.450 e. The molecule has 1 aliphatic carbocycles. The summed E-state index contributed by atoms with van der Waals surface area (Å²) in [5.41, 5.74) is -0.795. The van der Waals surface area contributed by atoms with Crippen molar-refractivity contribution >= 4 is 17.9 Å². The molecule has 7 nitrogen and oxygen atoms in total. The molecule has 0 aromatic carbocycles. The second-order valence-electron chi connectivity index (χ2n) is 6.56. The molecule has 128 valence electrons. The molecule has 2 aliphatic heterocycles. The monoisotopic (exact) mass is 323 g/mol. The van der Waals surface area contributed by atoms with Gasteiger partial charge in [0, 0.05) is 39.3 Å². The number of rotatable bonds is 3. The molecule has 3 aliphatic rings. The van der Waals surface area contributed by atoms with Crippen molar-refractivity contribution in [3.05, 3.63) is 0 Å². The van der Waals surface area contributed by atoms with Gasteiger partial charge in [0.2, 0.25) is 11.8 Å². The van der Waals surface area contributed by atoms with Gasteiger partial charge in [0.25, 0.3) is 0 Å². The van der Waals surface area contributed by atoms with Gasteiger partial charge in [-0.25, -0.2) is 4.79 Å². The number of ether oxygens (including phenoxy) is 1. The zero-order valence-corrected chi connectivity index (χ0v) is 13.8. The van der Waals surface area contributed by atoms with Gasteiger partial charge in [0.15, 0.2) is 0 Å². The summed E-state index contributed by atoms with van der Waals surface area (Å²) in [7, 11) is 0. The fourth-order valence-corrected chi connectivity index (χ4v) is 3.48. The first kappa shape index (κ1) is 16.1. The van der Waals surface area contributed by atoms with Gasteiger partial charge in [0.05, 0.1) is 6.61 Å². The summed E-state index contributed by atoms with van der Waals surface area (Å²) >= 11 is 0. The molecule has 2 heterocycles. The van der Waals surface area contributed by atoms with E-state index in [4.69, 9.17) is 4.74 Å². The molecule has 0 radical (unpaired) electrons. The van der Waals surface area contributed by atoms with Crippen molar-refractivity contribution in [3.63, 3.8) is 0 Å². The zero-order chi connectivity index (χ0) is 16.4. The minimum atomic E-state index is -0.795. The van der Waals surface area contributed by atoms with Crippen LogP contribution in [-0.4, -0.2) is 78.5 Å². The fourth-order valence-electron chi connectivity index (χ4n) is 3.48. The maximum absolute atomic E-state index is 12.8. The van der Waals surface area contributed by atoms with Crippen molar-refractivity contribution in [1.29, 1.82) is 0 Å². The lowest BCUT2D eigenvalue weighted by atomic mass is 10.0. The molecule has 23 heavy (non-hydrogen) atoms. The Morgan fingerprint density at radius 3 is 1.78 bits per heavy atom. The normalized spacial score (nSPS) is 22.9. The molecule has 7 heteroatoms.